The number of halogens is 1. The van der Waals surface area contributed by atoms with Crippen LogP contribution in [0.4, 0.5) is 4.39 Å². The average Bonchev–Trinajstić information content (AvgIpc) is 3.15. The van der Waals surface area contributed by atoms with Crippen LogP contribution in [-0.4, -0.2) is 36.6 Å². The van der Waals surface area contributed by atoms with Gasteiger partial charge in [-0.2, -0.15) is 8.42 Å². The van der Waals surface area contributed by atoms with Gasteiger partial charge in [-0.1, -0.05) is 48.0 Å². The smallest absolute Gasteiger partial charge is 0.294 e. The van der Waals surface area contributed by atoms with E-state index < -0.39 is 21.3 Å². The standard InChI is InChI=1S/C15H19FN2O.C7H8O3S/c1-11(12-6-3-2-4-7-12)18-15-9-5-8-14(15,16)10-17-13(15)19;1-6-2-4-7(5-3-6)11(8,9)10/h2-4,6-7,11,18H,5,8-10H2,1H3,(H,17,19);2-5H,1H3,(H,8,9,10)/t11-,14+,15+;/m0./s1. The van der Waals surface area contributed by atoms with Crippen molar-refractivity contribution in [2.24, 2.45) is 0 Å². The van der Waals surface area contributed by atoms with E-state index in [-0.39, 0.29) is 23.4 Å². The van der Waals surface area contributed by atoms with Gasteiger partial charge >= 0.3 is 0 Å². The van der Waals surface area contributed by atoms with Gasteiger partial charge in [-0.3, -0.25) is 14.7 Å². The molecule has 1 amide bonds. The second-order valence-corrected chi connectivity index (χ2v) is 9.39. The number of amides is 1. The average molecular weight is 435 g/mol. The van der Waals surface area contributed by atoms with Crippen molar-refractivity contribution < 1.29 is 22.2 Å². The number of nitrogens with one attached hydrogen (secondary N) is 2. The summed E-state index contributed by atoms with van der Waals surface area (Å²) in [5, 5.41) is 5.96. The van der Waals surface area contributed by atoms with Crippen molar-refractivity contribution in [1.82, 2.24) is 10.6 Å². The Bertz CT molecular complexity index is 998. The van der Waals surface area contributed by atoms with E-state index in [0.717, 1.165) is 17.5 Å². The summed E-state index contributed by atoms with van der Waals surface area (Å²) in [6.07, 6.45) is 1.80. The molecule has 4 rings (SSSR count). The Balaban J connectivity index is 0.000000199. The highest BCUT2D eigenvalue weighted by Crippen LogP contribution is 2.46. The maximum Gasteiger partial charge on any atom is 0.294 e. The Morgan fingerprint density at radius 3 is 2.33 bits per heavy atom. The summed E-state index contributed by atoms with van der Waals surface area (Å²) in [6, 6.07) is 15.8. The molecule has 0 aromatic heterocycles. The number of carbonyl (C=O) groups is 1. The van der Waals surface area contributed by atoms with Crippen LogP contribution in [0.25, 0.3) is 0 Å². The minimum atomic E-state index is -4.02. The highest BCUT2D eigenvalue weighted by Gasteiger charge is 2.64. The van der Waals surface area contributed by atoms with Gasteiger partial charge < -0.3 is 5.32 Å². The normalized spacial score (nSPS) is 26.3. The summed E-state index contributed by atoms with van der Waals surface area (Å²) in [4.78, 5) is 12.1. The third-order valence-electron chi connectivity index (χ3n) is 5.89. The quantitative estimate of drug-likeness (QED) is 0.642. The fourth-order valence-electron chi connectivity index (χ4n) is 4.17. The van der Waals surface area contributed by atoms with Crippen LogP contribution in [-0.2, 0) is 14.9 Å². The molecule has 0 spiro atoms. The lowest BCUT2D eigenvalue weighted by Gasteiger charge is -2.35. The van der Waals surface area contributed by atoms with Crippen molar-refractivity contribution in [3.8, 4) is 0 Å². The first-order chi connectivity index (χ1) is 14.1. The van der Waals surface area contributed by atoms with Crippen LogP contribution in [0, 0.1) is 6.92 Å². The van der Waals surface area contributed by atoms with Crippen LogP contribution in [0.2, 0.25) is 0 Å². The van der Waals surface area contributed by atoms with E-state index in [1.807, 2.05) is 44.2 Å². The van der Waals surface area contributed by atoms with Crippen molar-refractivity contribution in [2.45, 2.75) is 55.3 Å². The van der Waals surface area contributed by atoms with Gasteiger partial charge in [-0.15, -0.1) is 0 Å². The first kappa shape index (κ1) is 22.4. The maximum absolute atomic E-state index is 14.9. The highest BCUT2D eigenvalue weighted by atomic mass is 32.2. The summed E-state index contributed by atoms with van der Waals surface area (Å²) in [6.45, 7) is 3.96. The molecule has 162 valence electrons. The largest absolute Gasteiger partial charge is 0.351 e. The molecule has 6 nitrogen and oxygen atoms in total. The van der Waals surface area contributed by atoms with E-state index in [0.29, 0.717) is 12.8 Å². The van der Waals surface area contributed by atoms with Crippen LogP contribution in [0.1, 0.15) is 43.4 Å². The molecular formula is C22H27FN2O4S. The summed E-state index contributed by atoms with van der Waals surface area (Å²) in [5.41, 5.74) is -0.446. The lowest BCUT2D eigenvalue weighted by atomic mass is 9.85. The second-order valence-electron chi connectivity index (χ2n) is 7.97. The molecule has 1 saturated heterocycles. The molecule has 1 saturated carbocycles. The molecule has 1 aliphatic carbocycles. The molecule has 1 aliphatic heterocycles. The molecule has 30 heavy (non-hydrogen) atoms. The number of alkyl halides is 1. The van der Waals surface area contributed by atoms with E-state index in [9.17, 15) is 17.6 Å². The van der Waals surface area contributed by atoms with Gasteiger partial charge in [0.1, 0.15) is 5.54 Å². The minimum Gasteiger partial charge on any atom is -0.351 e. The summed E-state index contributed by atoms with van der Waals surface area (Å²) in [7, 11) is -4.02. The number of hydrogen-bond acceptors (Lipinski definition) is 4. The summed E-state index contributed by atoms with van der Waals surface area (Å²) in [5.74, 6) is -0.185. The Hall–Kier alpha value is -2.29. The van der Waals surface area contributed by atoms with Gasteiger partial charge in [0.15, 0.2) is 5.67 Å². The number of carbonyl (C=O) groups excluding carboxylic acids is 1. The lowest BCUT2D eigenvalue weighted by Crippen LogP contribution is -2.59. The molecule has 2 aliphatic rings. The van der Waals surface area contributed by atoms with Crippen LogP contribution in [0.15, 0.2) is 59.5 Å². The molecule has 3 atom stereocenters. The lowest BCUT2D eigenvalue weighted by molar-refractivity contribution is -0.127. The predicted molar refractivity (Wildman–Crippen MR) is 112 cm³/mol. The molecule has 2 fully saturated rings. The van der Waals surface area contributed by atoms with Crippen LogP contribution < -0.4 is 10.6 Å². The van der Waals surface area contributed by atoms with E-state index in [2.05, 4.69) is 10.6 Å². The van der Waals surface area contributed by atoms with E-state index >= 15 is 0 Å². The Labute approximate surface area is 176 Å². The van der Waals surface area contributed by atoms with E-state index in [1.54, 1.807) is 12.1 Å². The molecule has 2 aromatic carbocycles. The second kappa shape index (κ2) is 8.45. The molecule has 8 heteroatoms. The molecule has 1 heterocycles. The number of fused-ring (bicyclic) bond motifs is 1. The first-order valence-electron chi connectivity index (χ1n) is 9.91. The van der Waals surface area contributed by atoms with Crippen molar-refractivity contribution in [2.75, 3.05) is 6.54 Å². The monoisotopic (exact) mass is 434 g/mol. The van der Waals surface area contributed by atoms with E-state index in [1.165, 1.54) is 12.1 Å². The summed E-state index contributed by atoms with van der Waals surface area (Å²) < 4.78 is 44.5. The van der Waals surface area contributed by atoms with Gasteiger partial charge in [0.05, 0.1) is 11.4 Å². The SMILES string of the molecule is C[C@H](N[C@@]12CCC[C@@]1(F)CNC2=O)c1ccccc1.Cc1ccc(S(=O)(=O)O)cc1. The van der Waals surface area contributed by atoms with Gasteiger partial charge in [0, 0.05) is 6.04 Å². The molecule has 0 bridgehead atoms. The number of rotatable bonds is 4. The zero-order chi connectivity index (χ0) is 22.0. The van der Waals surface area contributed by atoms with Crippen LogP contribution >= 0.6 is 0 Å². The fourth-order valence-corrected chi connectivity index (χ4v) is 4.65. The molecule has 0 unspecified atom stereocenters. The van der Waals surface area contributed by atoms with E-state index in [4.69, 9.17) is 4.55 Å². The topological polar surface area (TPSA) is 95.5 Å². The first-order valence-corrected chi connectivity index (χ1v) is 11.4. The Morgan fingerprint density at radius 1 is 1.10 bits per heavy atom. The minimum absolute atomic E-state index is 0.0433. The maximum atomic E-state index is 14.9. The van der Waals surface area contributed by atoms with Crippen LogP contribution in [0.5, 0.6) is 0 Å². The third kappa shape index (κ3) is 4.40. The fraction of sp³-hybridized carbons (Fsp3) is 0.409. The highest BCUT2D eigenvalue weighted by molar-refractivity contribution is 7.85. The molecule has 3 N–H and O–H groups in total. The Kier molecular flexibility index (Phi) is 6.31. The zero-order valence-electron chi connectivity index (χ0n) is 17.1. The van der Waals surface area contributed by atoms with Crippen molar-refractivity contribution in [1.29, 1.82) is 0 Å². The Morgan fingerprint density at radius 2 is 1.73 bits per heavy atom. The van der Waals surface area contributed by atoms with Gasteiger partial charge in [-0.25, -0.2) is 4.39 Å². The number of benzene rings is 2. The number of aryl methyl sites for hydroxylation is 1. The van der Waals surface area contributed by atoms with Gasteiger partial charge in [0.25, 0.3) is 10.1 Å². The molecule has 2 aromatic rings. The third-order valence-corrected chi connectivity index (χ3v) is 6.76. The van der Waals surface area contributed by atoms with Crippen LogP contribution in [0.3, 0.4) is 0 Å². The van der Waals surface area contributed by atoms with Crippen molar-refractivity contribution >= 4 is 16.0 Å². The van der Waals surface area contributed by atoms with Crippen molar-refractivity contribution in [3.63, 3.8) is 0 Å². The van der Waals surface area contributed by atoms with Gasteiger partial charge in [0.2, 0.25) is 5.91 Å². The summed E-state index contributed by atoms with van der Waals surface area (Å²) >= 11 is 0. The predicted octanol–water partition coefficient (Wildman–Crippen LogP) is 3.34. The van der Waals surface area contributed by atoms with Crippen molar-refractivity contribution in [3.05, 3.63) is 65.7 Å². The van der Waals surface area contributed by atoms with Gasteiger partial charge in [-0.05, 0) is 50.8 Å². The molecule has 0 radical (unpaired) electrons. The molecular weight excluding hydrogens is 407 g/mol. The zero-order valence-corrected chi connectivity index (χ0v) is 17.9. The number of hydrogen-bond donors (Lipinski definition) is 3.